The molecule has 0 radical (unpaired) electrons. The van der Waals surface area contributed by atoms with Crippen molar-refractivity contribution in [3.63, 3.8) is 0 Å². The number of hydrogen-bond donors (Lipinski definition) is 1. The molecular weight excluding hydrogens is 285 g/mol. The number of carbonyl (C=O) groups excluding carboxylic acids is 1. The molecular formula is C17H18FNO3. The van der Waals surface area contributed by atoms with Crippen LogP contribution >= 0.6 is 0 Å². The van der Waals surface area contributed by atoms with Crippen molar-refractivity contribution in [1.82, 2.24) is 4.90 Å². The molecule has 2 aromatic rings. The van der Waals surface area contributed by atoms with Crippen molar-refractivity contribution in [2.45, 2.75) is 6.10 Å². The zero-order valence-electron chi connectivity index (χ0n) is 12.5. The first-order valence-corrected chi connectivity index (χ1v) is 6.85. The maximum absolute atomic E-state index is 13.6. The zero-order chi connectivity index (χ0) is 16.1. The van der Waals surface area contributed by atoms with Crippen LogP contribution in [0.3, 0.4) is 0 Å². The van der Waals surface area contributed by atoms with Crippen LogP contribution in [0.25, 0.3) is 0 Å². The third kappa shape index (κ3) is 3.62. The molecule has 0 aliphatic heterocycles. The Morgan fingerprint density at radius 3 is 2.45 bits per heavy atom. The van der Waals surface area contributed by atoms with Crippen LogP contribution in [0.5, 0.6) is 5.75 Å². The number of amides is 1. The number of hydrogen-bond acceptors (Lipinski definition) is 3. The van der Waals surface area contributed by atoms with E-state index in [1.54, 1.807) is 37.4 Å². The fraction of sp³-hybridized carbons (Fsp3) is 0.235. The molecule has 1 amide bonds. The SMILES string of the molecule is COc1ccc(C(O)CN(C)C(=O)c2ccccc2F)cc1. The van der Waals surface area contributed by atoms with Crippen LogP contribution in [0.15, 0.2) is 48.5 Å². The average molecular weight is 303 g/mol. The van der Waals surface area contributed by atoms with E-state index < -0.39 is 17.8 Å². The summed E-state index contributed by atoms with van der Waals surface area (Å²) in [6.45, 7) is 0.0689. The minimum Gasteiger partial charge on any atom is -0.497 e. The van der Waals surface area contributed by atoms with Crippen molar-refractivity contribution < 1.29 is 19.0 Å². The van der Waals surface area contributed by atoms with Gasteiger partial charge in [-0.1, -0.05) is 24.3 Å². The maximum Gasteiger partial charge on any atom is 0.256 e. The van der Waals surface area contributed by atoms with Gasteiger partial charge in [0.15, 0.2) is 0 Å². The van der Waals surface area contributed by atoms with E-state index in [1.165, 1.54) is 30.1 Å². The van der Waals surface area contributed by atoms with Gasteiger partial charge in [0.2, 0.25) is 0 Å². The quantitative estimate of drug-likeness (QED) is 0.924. The zero-order valence-corrected chi connectivity index (χ0v) is 12.5. The maximum atomic E-state index is 13.6. The van der Waals surface area contributed by atoms with Crippen molar-refractivity contribution >= 4 is 5.91 Å². The van der Waals surface area contributed by atoms with Crippen LogP contribution in [0.2, 0.25) is 0 Å². The van der Waals surface area contributed by atoms with Crippen molar-refractivity contribution in [3.05, 3.63) is 65.5 Å². The molecule has 116 valence electrons. The topological polar surface area (TPSA) is 49.8 Å². The highest BCUT2D eigenvalue weighted by Crippen LogP contribution is 2.19. The fourth-order valence-electron chi connectivity index (χ4n) is 2.11. The molecule has 4 nitrogen and oxygen atoms in total. The molecule has 0 aromatic heterocycles. The lowest BCUT2D eigenvalue weighted by Crippen LogP contribution is -2.31. The van der Waals surface area contributed by atoms with Gasteiger partial charge >= 0.3 is 0 Å². The lowest BCUT2D eigenvalue weighted by Gasteiger charge is -2.21. The molecule has 5 heteroatoms. The summed E-state index contributed by atoms with van der Waals surface area (Å²) in [7, 11) is 3.09. The molecule has 0 saturated heterocycles. The van der Waals surface area contributed by atoms with E-state index in [0.717, 1.165) is 0 Å². The Morgan fingerprint density at radius 1 is 1.23 bits per heavy atom. The Kier molecular flexibility index (Phi) is 5.12. The minimum absolute atomic E-state index is 0.00747. The van der Waals surface area contributed by atoms with E-state index >= 15 is 0 Å². The number of aliphatic hydroxyl groups excluding tert-OH is 1. The molecule has 2 rings (SSSR count). The third-order valence-corrected chi connectivity index (χ3v) is 3.40. The lowest BCUT2D eigenvalue weighted by molar-refractivity contribution is 0.0676. The second-order valence-corrected chi connectivity index (χ2v) is 4.95. The van der Waals surface area contributed by atoms with Crippen LogP contribution in [0, 0.1) is 5.82 Å². The standard InChI is InChI=1S/C17H18FNO3/c1-19(17(21)14-5-3-4-6-15(14)18)11-16(20)12-7-9-13(22-2)10-8-12/h3-10,16,20H,11H2,1-2H3. The van der Waals surface area contributed by atoms with E-state index in [-0.39, 0.29) is 12.1 Å². The normalized spacial score (nSPS) is 11.8. The first-order chi connectivity index (χ1) is 10.5. The van der Waals surface area contributed by atoms with Crippen LogP contribution in [0.4, 0.5) is 4.39 Å². The molecule has 0 saturated carbocycles. The van der Waals surface area contributed by atoms with Crippen LogP contribution in [-0.2, 0) is 0 Å². The molecule has 0 aliphatic rings. The number of ether oxygens (including phenoxy) is 1. The van der Waals surface area contributed by atoms with Crippen molar-refractivity contribution in [2.24, 2.45) is 0 Å². The van der Waals surface area contributed by atoms with Crippen molar-refractivity contribution in [2.75, 3.05) is 20.7 Å². The molecule has 0 fully saturated rings. The predicted molar refractivity (Wildman–Crippen MR) is 81.3 cm³/mol. The Balaban J connectivity index is 2.05. The molecule has 1 unspecified atom stereocenters. The van der Waals surface area contributed by atoms with E-state index in [4.69, 9.17) is 4.74 Å². The van der Waals surface area contributed by atoms with Gasteiger partial charge < -0.3 is 14.7 Å². The summed E-state index contributed by atoms with van der Waals surface area (Å²) >= 11 is 0. The Morgan fingerprint density at radius 2 is 1.86 bits per heavy atom. The monoisotopic (exact) mass is 303 g/mol. The molecule has 2 aromatic carbocycles. The first-order valence-electron chi connectivity index (χ1n) is 6.85. The number of carbonyl (C=O) groups is 1. The molecule has 0 spiro atoms. The van der Waals surface area contributed by atoms with Crippen LogP contribution < -0.4 is 4.74 Å². The number of halogens is 1. The van der Waals surface area contributed by atoms with Gasteiger partial charge in [0.05, 0.1) is 25.3 Å². The van der Waals surface area contributed by atoms with Gasteiger partial charge in [-0.05, 0) is 29.8 Å². The summed E-state index contributed by atoms with van der Waals surface area (Å²) in [5, 5.41) is 10.2. The Bertz CT molecular complexity index is 643. The minimum atomic E-state index is -0.855. The summed E-state index contributed by atoms with van der Waals surface area (Å²) in [5.74, 6) is -0.351. The van der Waals surface area contributed by atoms with Gasteiger partial charge in [0, 0.05) is 7.05 Å². The highest BCUT2D eigenvalue weighted by atomic mass is 19.1. The number of nitrogens with zero attached hydrogens (tertiary/aromatic N) is 1. The van der Waals surface area contributed by atoms with E-state index in [1.807, 2.05) is 0 Å². The summed E-state index contributed by atoms with van der Waals surface area (Å²) in [6.07, 6.45) is -0.855. The average Bonchev–Trinajstić information content (AvgIpc) is 2.54. The third-order valence-electron chi connectivity index (χ3n) is 3.40. The van der Waals surface area contributed by atoms with Crippen LogP contribution in [-0.4, -0.2) is 36.6 Å². The number of likely N-dealkylation sites (N-methyl/N-ethyl adjacent to an activating group) is 1. The highest BCUT2D eigenvalue weighted by Gasteiger charge is 2.19. The van der Waals surface area contributed by atoms with Gasteiger partial charge in [-0.25, -0.2) is 4.39 Å². The summed E-state index contributed by atoms with van der Waals surface area (Å²) < 4.78 is 18.7. The van der Waals surface area contributed by atoms with Gasteiger partial charge in [-0.2, -0.15) is 0 Å². The van der Waals surface area contributed by atoms with Gasteiger partial charge in [-0.15, -0.1) is 0 Å². The van der Waals surface area contributed by atoms with Crippen molar-refractivity contribution in [3.8, 4) is 5.75 Å². The smallest absolute Gasteiger partial charge is 0.256 e. The summed E-state index contributed by atoms with van der Waals surface area (Å²) in [6, 6.07) is 12.7. The molecule has 1 N–H and O–H groups in total. The number of benzene rings is 2. The largest absolute Gasteiger partial charge is 0.497 e. The lowest BCUT2D eigenvalue weighted by atomic mass is 10.1. The molecule has 1 atom stereocenters. The predicted octanol–water partition coefficient (Wildman–Crippen LogP) is 2.64. The molecule has 0 bridgehead atoms. The summed E-state index contributed by atoms with van der Waals surface area (Å²) in [5.41, 5.74) is 0.654. The van der Waals surface area contributed by atoms with Gasteiger partial charge in [0.25, 0.3) is 5.91 Å². The first kappa shape index (κ1) is 16.0. The van der Waals surface area contributed by atoms with Crippen molar-refractivity contribution in [1.29, 1.82) is 0 Å². The Labute approximate surface area is 128 Å². The van der Waals surface area contributed by atoms with Gasteiger partial charge in [0.1, 0.15) is 11.6 Å². The molecule has 0 heterocycles. The summed E-state index contributed by atoms with van der Waals surface area (Å²) in [4.78, 5) is 13.5. The van der Waals surface area contributed by atoms with Crippen LogP contribution in [0.1, 0.15) is 22.0 Å². The van der Waals surface area contributed by atoms with Gasteiger partial charge in [-0.3, -0.25) is 4.79 Å². The fourth-order valence-corrected chi connectivity index (χ4v) is 2.11. The molecule has 22 heavy (non-hydrogen) atoms. The number of rotatable bonds is 5. The number of aliphatic hydroxyl groups is 1. The van der Waals surface area contributed by atoms with E-state index in [2.05, 4.69) is 0 Å². The molecule has 0 aliphatic carbocycles. The highest BCUT2D eigenvalue weighted by molar-refractivity contribution is 5.94. The number of methoxy groups -OCH3 is 1. The second-order valence-electron chi connectivity index (χ2n) is 4.95. The van der Waals surface area contributed by atoms with E-state index in [9.17, 15) is 14.3 Å². The Hall–Kier alpha value is -2.40. The second kappa shape index (κ2) is 7.04. The van der Waals surface area contributed by atoms with E-state index in [0.29, 0.717) is 11.3 Å².